The van der Waals surface area contributed by atoms with E-state index in [2.05, 4.69) is 16.2 Å². The van der Waals surface area contributed by atoms with Gasteiger partial charge in [0, 0.05) is 18.4 Å². The van der Waals surface area contributed by atoms with Gasteiger partial charge in [0.1, 0.15) is 5.82 Å². The SMILES string of the molecule is O=C(CCC(=O)c1ccccc1)NNC(=S)Nc1ccccc1F. The summed E-state index contributed by atoms with van der Waals surface area (Å²) in [5.41, 5.74) is 5.59. The summed E-state index contributed by atoms with van der Waals surface area (Å²) in [6.45, 7) is 0. The van der Waals surface area contributed by atoms with Gasteiger partial charge in [0.05, 0.1) is 5.69 Å². The summed E-state index contributed by atoms with van der Waals surface area (Å²) in [5.74, 6) is -0.962. The molecule has 0 bridgehead atoms. The third kappa shape index (κ3) is 5.44. The summed E-state index contributed by atoms with van der Waals surface area (Å²) < 4.78 is 13.4. The molecule has 0 saturated heterocycles. The van der Waals surface area contributed by atoms with Crippen LogP contribution in [-0.2, 0) is 4.79 Å². The van der Waals surface area contributed by atoms with Crippen LogP contribution in [0.25, 0.3) is 0 Å². The van der Waals surface area contributed by atoms with Gasteiger partial charge in [-0.2, -0.15) is 0 Å². The minimum atomic E-state index is -0.457. The van der Waals surface area contributed by atoms with E-state index < -0.39 is 11.7 Å². The van der Waals surface area contributed by atoms with Gasteiger partial charge in [-0.15, -0.1) is 0 Å². The molecule has 0 aliphatic rings. The van der Waals surface area contributed by atoms with Crippen LogP contribution in [0.5, 0.6) is 0 Å². The fraction of sp³-hybridized carbons (Fsp3) is 0.118. The summed E-state index contributed by atoms with van der Waals surface area (Å²) >= 11 is 4.96. The molecule has 2 aromatic carbocycles. The van der Waals surface area contributed by atoms with E-state index in [4.69, 9.17) is 12.2 Å². The Hall–Kier alpha value is -2.80. The molecule has 0 atom stereocenters. The Kier molecular flexibility index (Phi) is 6.39. The Labute approximate surface area is 144 Å². The van der Waals surface area contributed by atoms with Gasteiger partial charge in [-0.25, -0.2) is 4.39 Å². The van der Waals surface area contributed by atoms with E-state index >= 15 is 0 Å². The fourth-order valence-electron chi connectivity index (χ4n) is 1.90. The number of Topliss-reactive ketones (excluding diaryl/α,β-unsaturated/α-hetero) is 1. The van der Waals surface area contributed by atoms with E-state index in [1.165, 1.54) is 12.1 Å². The molecule has 0 radical (unpaired) electrons. The first kappa shape index (κ1) is 17.6. The minimum Gasteiger partial charge on any atom is -0.329 e. The number of hydrazine groups is 1. The zero-order valence-electron chi connectivity index (χ0n) is 12.7. The largest absolute Gasteiger partial charge is 0.329 e. The number of anilines is 1. The lowest BCUT2D eigenvalue weighted by Gasteiger charge is -2.12. The monoisotopic (exact) mass is 345 g/mol. The van der Waals surface area contributed by atoms with Crippen LogP contribution in [0.4, 0.5) is 10.1 Å². The average Bonchev–Trinajstić information content (AvgIpc) is 2.60. The standard InChI is InChI=1S/C17H16FN3O2S/c18-13-8-4-5-9-14(13)19-17(24)21-20-16(23)11-10-15(22)12-6-2-1-3-7-12/h1-9H,10-11H2,(H,20,23)(H2,19,21,24). The highest BCUT2D eigenvalue weighted by molar-refractivity contribution is 7.80. The predicted octanol–water partition coefficient (Wildman–Crippen LogP) is 2.81. The van der Waals surface area contributed by atoms with Crippen molar-refractivity contribution in [3.05, 3.63) is 66.0 Å². The van der Waals surface area contributed by atoms with Crippen molar-refractivity contribution < 1.29 is 14.0 Å². The number of benzene rings is 2. The number of hydrogen-bond acceptors (Lipinski definition) is 3. The first-order chi connectivity index (χ1) is 11.6. The van der Waals surface area contributed by atoms with Crippen molar-refractivity contribution in [1.29, 1.82) is 0 Å². The number of hydrogen-bond donors (Lipinski definition) is 3. The molecule has 1 amide bonds. The number of thiocarbonyl (C=S) groups is 1. The molecule has 0 aliphatic heterocycles. The topological polar surface area (TPSA) is 70.2 Å². The second-order valence-electron chi connectivity index (χ2n) is 4.90. The predicted molar refractivity (Wildman–Crippen MR) is 93.9 cm³/mol. The highest BCUT2D eigenvalue weighted by Crippen LogP contribution is 2.11. The highest BCUT2D eigenvalue weighted by Gasteiger charge is 2.09. The average molecular weight is 345 g/mol. The van der Waals surface area contributed by atoms with Crippen LogP contribution in [0.2, 0.25) is 0 Å². The number of carbonyl (C=O) groups is 2. The van der Waals surface area contributed by atoms with Crippen LogP contribution in [-0.4, -0.2) is 16.8 Å². The number of ketones is 1. The quantitative estimate of drug-likeness (QED) is 0.442. The minimum absolute atomic E-state index is 0.0169. The molecule has 0 heterocycles. The van der Waals surface area contributed by atoms with Crippen LogP contribution in [0.3, 0.4) is 0 Å². The van der Waals surface area contributed by atoms with Crippen LogP contribution in [0.15, 0.2) is 54.6 Å². The van der Waals surface area contributed by atoms with E-state index in [0.717, 1.165) is 0 Å². The van der Waals surface area contributed by atoms with Crippen LogP contribution < -0.4 is 16.2 Å². The maximum atomic E-state index is 13.4. The Morgan fingerprint density at radius 2 is 1.58 bits per heavy atom. The molecular weight excluding hydrogens is 329 g/mol. The Morgan fingerprint density at radius 3 is 2.29 bits per heavy atom. The molecular formula is C17H16FN3O2S. The van der Waals surface area contributed by atoms with Crippen molar-refractivity contribution in [1.82, 2.24) is 10.9 Å². The van der Waals surface area contributed by atoms with Crippen molar-refractivity contribution in [3.8, 4) is 0 Å². The molecule has 24 heavy (non-hydrogen) atoms. The van der Waals surface area contributed by atoms with E-state index in [1.54, 1.807) is 36.4 Å². The lowest BCUT2D eigenvalue weighted by molar-refractivity contribution is -0.121. The molecule has 0 unspecified atom stereocenters. The van der Waals surface area contributed by atoms with E-state index in [0.29, 0.717) is 5.56 Å². The van der Waals surface area contributed by atoms with E-state index in [1.807, 2.05) is 6.07 Å². The third-order valence-electron chi connectivity index (χ3n) is 3.11. The van der Waals surface area contributed by atoms with Crippen LogP contribution in [0, 0.1) is 5.82 Å². The van der Waals surface area contributed by atoms with E-state index in [-0.39, 0.29) is 29.4 Å². The van der Waals surface area contributed by atoms with Gasteiger partial charge in [-0.1, -0.05) is 42.5 Å². The van der Waals surface area contributed by atoms with Gasteiger partial charge < -0.3 is 5.32 Å². The molecule has 0 aliphatic carbocycles. The summed E-state index contributed by atoms with van der Waals surface area (Å²) in [6.07, 6.45) is 0.105. The normalized spacial score (nSPS) is 9.88. The summed E-state index contributed by atoms with van der Waals surface area (Å²) in [6, 6.07) is 14.8. The molecule has 0 saturated carbocycles. The van der Waals surface area contributed by atoms with Crippen molar-refractivity contribution in [3.63, 3.8) is 0 Å². The van der Waals surface area contributed by atoms with Gasteiger partial charge in [0.2, 0.25) is 5.91 Å². The molecule has 2 rings (SSSR count). The number of amides is 1. The maximum absolute atomic E-state index is 13.4. The molecule has 0 aromatic heterocycles. The molecule has 2 aromatic rings. The third-order valence-corrected chi connectivity index (χ3v) is 3.32. The summed E-state index contributed by atoms with van der Waals surface area (Å²) in [4.78, 5) is 23.6. The zero-order chi connectivity index (χ0) is 17.4. The van der Waals surface area contributed by atoms with Crippen LogP contribution >= 0.6 is 12.2 Å². The molecule has 0 fully saturated rings. The molecule has 5 nitrogen and oxygen atoms in total. The van der Waals surface area contributed by atoms with Gasteiger partial charge in [-0.05, 0) is 24.4 Å². The second kappa shape index (κ2) is 8.73. The lowest BCUT2D eigenvalue weighted by Crippen LogP contribution is -2.43. The van der Waals surface area contributed by atoms with Crippen LogP contribution in [0.1, 0.15) is 23.2 Å². The second-order valence-corrected chi connectivity index (χ2v) is 5.30. The summed E-state index contributed by atoms with van der Waals surface area (Å²) in [5, 5.41) is 2.66. The van der Waals surface area contributed by atoms with Crippen molar-refractivity contribution in [2.75, 3.05) is 5.32 Å². The van der Waals surface area contributed by atoms with E-state index in [9.17, 15) is 14.0 Å². The number of nitrogens with one attached hydrogen (secondary N) is 3. The molecule has 3 N–H and O–H groups in total. The summed E-state index contributed by atoms with van der Waals surface area (Å²) in [7, 11) is 0. The first-order valence-electron chi connectivity index (χ1n) is 7.25. The Morgan fingerprint density at radius 1 is 0.917 bits per heavy atom. The fourth-order valence-corrected chi connectivity index (χ4v) is 2.06. The molecule has 7 heteroatoms. The van der Waals surface area contributed by atoms with Crippen molar-refractivity contribution in [2.24, 2.45) is 0 Å². The Bertz CT molecular complexity index is 738. The first-order valence-corrected chi connectivity index (χ1v) is 7.65. The number of carbonyl (C=O) groups excluding carboxylic acids is 2. The molecule has 0 spiro atoms. The molecule has 124 valence electrons. The van der Waals surface area contributed by atoms with Gasteiger partial charge in [0.15, 0.2) is 10.9 Å². The Balaban J connectivity index is 1.72. The van der Waals surface area contributed by atoms with Crippen molar-refractivity contribution >= 4 is 34.7 Å². The van der Waals surface area contributed by atoms with Gasteiger partial charge >= 0.3 is 0 Å². The highest BCUT2D eigenvalue weighted by atomic mass is 32.1. The number of rotatable bonds is 5. The van der Waals surface area contributed by atoms with Gasteiger partial charge in [-0.3, -0.25) is 20.4 Å². The lowest BCUT2D eigenvalue weighted by atomic mass is 10.1. The van der Waals surface area contributed by atoms with Gasteiger partial charge in [0.25, 0.3) is 0 Å². The zero-order valence-corrected chi connectivity index (χ0v) is 13.5. The number of halogens is 1. The van der Waals surface area contributed by atoms with Crippen molar-refractivity contribution in [2.45, 2.75) is 12.8 Å². The maximum Gasteiger partial charge on any atom is 0.238 e. The number of para-hydroxylation sites is 1. The smallest absolute Gasteiger partial charge is 0.238 e.